The zero-order valence-corrected chi connectivity index (χ0v) is 18.2. The van der Waals surface area contributed by atoms with Crippen LogP contribution in [-0.4, -0.2) is 53.5 Å². The summed E-state index contributed by atoms with van der Waals surface area (Å²) in [4.78, 5) is 4.69. The van der Waals surface area contributed by atoms with Gasteiger partial charge in [-0.25, -0.2) is 0 Å². The van der Waals surface area contributed by atoms with Crippen molar-refractivity contribution in [2.75, 3.05) is 38.2 Å². The molecule has 164 valence electrons. The normalized spacial score (nSPS) is 14.6. The molecule has 0 bridgehead atoms. The number of hydrogen-bond donors (Lipinski definition) is 0. The van der Waals surface area contributed by atoms with Crippen LogP contribution in [0.4, 0.5) is 5.69 Å². The summed E-state index contributed by atoms with van der Waals surface area (Å²) in [6, 6.07) is 18.1. The van der Waals surface area contributed by atoms with Gasteiger partial charge in [-0.15, -0.1) is 10.2 Å². The third kappa shape index (κ3) is 4.09. The van der Waals surface area contributed by atoms with Crippen molar-refractivity contribution < 1.29 is 13.7 Å². The number of hydrogen-bond acceptors (Lipinski definition) is 8. The standard InChI is InChI=1S/C24H25N5O3/c1-17-22(23(27-32-17)18-7-4-3-5-8-18)24-26-25-21(31-24)16-28-11-13-29(14-12-28)19-9-6-10-20(15-19)30-2/h3-10,15H,11-14,16H2,1-2H3. The van der Waals surface area contributed by atoms with Gasteiger partial charge >= 0.3 is 0 Å². The van der Waals surface area contributed by atoms with Crippen molar-refractivity contribution in [1.82, 2.24) is 20.3 Å². The zero-order valence-electron chi connectivity index (χ0n) is 18.2. The molecule has 4 aromatic rings. The molecule has 1 aliphatic rings. The van der Waals surface area contributed by atoms with Gasteiger partial charge in [-0.05, 0) is 19.1 Å². The summed E-state index contributed by atoms with van der Waals surface area (Å²) in [5.41, 5.74) is 3.59. The van der Waals surface area contributed by atoms with E-state index in [2.05, 4.69) is 37.3 Å². The molecule has 2 aromatic heterocycles. The summed E-state index contributed by atoms with van der Waals surface area (Å²) in [5.74, 6) is 2.57. The number of aryl methyl sites for hydroxylation is 1. The third-order valence-corrected chi connectivity index (χ3v) is 5.74. The zero-order chi connectivity index (χ0) is 21.9. The Morgan fingerprint density at radius 3 is 2.56 bits per heavy atom. The first-order valence-electron chi connectivity index (χ1n) is 10.7. The highest BCUT2D eigenvalue weighted by Gasteiger charge is 2.24. The minimum Gasteiger partial charge on any atom is -0.497 e. The second kappa shape index (κ2) is 8.84. The second-order valence-corrected chi connectivity index (χ2v) is 7.79. The number of methoxy groups -OCH3 is 1. The van der Waals surface area contributed by atoms with Crippen molar-refractivity contribution in [2.45, 2.75) is 13.5 Å². The quantitative estimate of drug-likeness (QED) is 0.453. The molecule has 0 unspecified atom stereocenters. The highest BCUT2D eigenvalue weighted by atomic mass is 16.5. The number of aromatic nitrogens is 3. The van der Waals surface area contributed by atoms with Crippen LogP contribution in [0.25, 0.3) is 22.7 Å². The van der Waals surface area contributed by atoms with Gasteiger partial charge in [-0.2, -0.15) is 0 Å². The molecule has 32 heavy (non-hydrogen) atoms. The number of anilines is 1. The van der Waals surface area contributed by atoms with Gasteiger partial charge in [0.15, 0.2) is 0 Å². The molecule has 8 heteroatoms. The molecular formula is C24H25N5O3. The van der Waals surface area contributed by atoms with E-state index in [0.29, 0.717) is 29.8 Å². The van der Waals surface area contributed by atoms with E-state index >= 15 is 0 Å². The van der Waals surface area contributed by atoms with E-state index in [4.69, 9.17) is 13.7 Å². The highest BCUT2D eigenvalue weighted by Crippen LogP contribution is 2.33. The maximum atomic E-state index is 6.02. The Morgan fingerprint density at radius 2 is 1.78 bits per heavy atom. The summed E-state index contributed by atoms with van der Waals surface area (Å²) >= 11 is 0. The van der Waals surface area contributed by atoms with Crippen LogP contribution in [0.1, 0.15) is 11.7 Å². The smallest absolute Gasteiger partial charge is 0.253 e. The molecule has 0 amide bonds. The largest absolute Gasteiger partial charge is 0.497 e. The van der Waals surface area contributed by atoms with E-state index in [0.717, 1.165) is 43.1 Å². The molecular weight excluding hydrogens is 406 g/mol. The molecule has 2 aromatic carbocycles. The van der Waals surface area contributed by atoms with Gasteiger partial charge < -0.3 is 18.6 Å². The lowest BCUT2D eigenvalue weighted by Gasteiger charge is -2.35. The first-order valence-corrected chi connectivity index (χ1v) is 10.7. The van der Waals surface area contributed by atoms with Crippen molar-refractivity contribution in [1.29, 1.82) is 0 Å². The molecule has 3 heterocycles. The minimum absolute atomic E-state index is 0.438. The van der Waals surface area contributed by atoms with Crippen molar-refractivity contribution in [2.24, 2.45) is 0 Å². The van der Waals surface area contributed by atoms with Gasteiger partial charge in [0.25, 0.3) is 5.89 Å². The van der Waals surface area contributed by atoms with Crippen LogP contribution in [0, 0.1) is 6.92 Å². The fourth-order valence-corrected chi connectivity index (χ4v) is 4.00. The van der Waals surface area contributed by atoms with Gasteiger partial charge in [-0.1, -0.05) is 41.6 Å². The molecule has 0 saturated carbocycles. The minimum atomic E-state index is 0.438. The molecule has 1 saturated heterocycles. The lowest BCUT2D eigenvalue weighted by molar-refractivity contribution is 0.227. The van der Waals surface area contributed by atoms with Crippen LogP contribution < -0.4 is 9.64 Å². The van der Waals surface area contributed by atoms with E-state index in [-0.39, 0.29) is 0 Å². The summed E-state index contributed by atoms with van der Waals surface area (Å²) in [6.45, 7) is 6.15. The van der Waals surface area contributed by atoms with Crippen LogP contribution in [0.15, 0.2) is 63.5 Å². The molecule has 8 nitrogen and oxygen atoms in total. The lowest BCUT2D eigenvalue weighted by Crippen LogP contribution is -2.46. The van der Waals surface area contributed by atoms with Crippen LogP contribution in [0.2, 0.25) is 0 Å². The number of benzene rings is 2. The maximum absolute atomic E-state index is 6.02. The Balaban J connectivity index is 1.26. The van der Waals surface area contributed by atoms with E-state index in [1.54, 1.807) is 7.11 Å². The van der Waals surface area contributed by atoms with E-state index < -0.39 is 0 Å². The van der Waals surface area contributed by atoms with Crippen molar-refractivity contribution in [3.8, 4) is 28.5 Å². The predicted molar refractivity (Wildman–Crippen MR) is 120 cm³/mol. The summed E-state index contributed by atoms with van der Waals surface area (Å²) in [5, 5.41) is 12.8. The SMILES string of the molecule is COc1cccc(N2CCN(Cc3nnc(-c4c(-c5ccccc5)noc4C)o3)CC2)c1. The summed E-state index contributed by atoms with van der Waals surface area (Å²) in [7, 11) is 1.69. The van der Waals surface area contributed by atoms with E-state index in [1.807, 2.05) is 49.4 Å². The van der Waals surface area contributed by atoms with Gasteiger partial charge in [0.1, 0.15) is 22.8 Å². The molecule has 1 aliphatic heterocycles. The fraction of sp³-hybridized carbons (Fsp3) is 0.292. The first-order chi connectivity index (χ1) is 15.7. The fourth-order valence-electron chi connectivity index (χ4n) is 4.00. The molecule has 0 aliphatic carbocycles. The van der Waals surface area contributed by atoms with Crippen molar-refractivity contribution >= 4 is 5.69 Å². The van der Waals surface area contributed by atoms with Crippen LogP contribution in [0.5, 0.6) is 5.75 Å². The van der Waals surface area contributed by atoms with Gasteiger partial charge in [0, 0.05) is 43.5 Å². The predicted octanol–water partition coefficient (Wildman–Crippen LogP) is 4.03. The number of rotatable bonds is 6. The molecule has 0 radical (unpaired) electrons. The third-order valence-electron chi connectivity index (χ3n) is 5.74. The maximum Gasteiger partial charge on any atom is 0.253 e. The summed E-state index contributed by atoms with van der Waals surface area (Å²) in [6.07, 6.45) is 0. The molecule has 0 atom stereocenters. The average Bonchev–Trinajstić information content (AvgIpc) is 3.46. The Hall–Kier alpha value is -3.65. The van der Waals surface area contributed by atoms with Gasteiger partial charge in [0.2, 0.25) is 5.89 Å². The van der Waals surface area contributed by atoms with Crippen LogP contribution in [-0.2, 0) is 6.54 Å². The van der Waals surface area contributed by atoms with Crippen molar-refractivity contribution in [3.05, 3.63) is 66.2 Å². The van der Waals surface area contributed by atoms with Crippen LogP contribution in [0.3, 0.4) is 0 Å². The number of piperazine rings is 1. The first kappa shape index (κ1) is 20.3. The monoisotopic (exact) mass is 431 g/mol. The topological polar surface area (TPSA) is 80.7 Å². The number of nitrogens with zero attached hydrogens (tertiary/aromatic N) is 5. The number of ether oxygens (including phenoxy) is 1. The van der Waals surface area contributed by atoms with Crippen LogP contribution >= 0.6 is 0 Å². The Kier molecular flexibility index (Phi) is 5.60. The van der Waals surface area contributed by atoms with E-state index in [9.17, 15) is 0 Å². The van der Waals surface area contributed by atoms with Gasteiger partial charge in [-0.3, -0.25) is 4.90 Å². The molecule has 0 N–H and O–H groups in total. The summed E-state index contributed by atoms with van der Waals surface area (Å²) < 4.78 is 16.8. The second-order valence-electron chi connectivity index (χ2n) is 7.79. The average molecular weight is 431 g/mol. The Labute approximate surface area is 186 Å². The lowest BCUT2D eigenvalue weighted by atomic mass is 10.1. The Bertz CT molecular complexity index is 1180. The molecule has 0 spiro atoms. The van der Waals surface area contributed by atoms with Gasteiger partial charge in [0.05, 0.1) is 13.7 Å². The Morgan fingerprint density at radius 1 is 0.969 bits per heavy atom. The van der Waals surface area contributed by atoms with E-state index in [1.165, 1.54) is 5.69 Å². The molecule has 1 fully saturated rings. The van der Waals surface area contributed by atoms with Crippen molar-refractivity contribution in [3.63, 3.8) is 0 Å². The highest BCUT2D eigenvalue weighted by molar-refractivity contribution is 5.77. The molecule has 5 rings (SSSR count).